The van der Waals surface area contributed by atoms with Crippen LogP contribution in [0, 0.1) is 0 Å². The lowest BCUT2D eigenvalue weighted by molar-refractivity contribution is 0.571. The van der Waals surface area contributed by atoms with E-state index in [-0.39, 0.29) is 87.2 Å². The number of halogens is 4. The van der Waals surface area contributed by atoms with Crippen LogP contribution in [0.5, 0.6) is 0 Å². The number of benzene rings is 4. The molecule has 0 aliphatic rings. The Labute approximate surface area is 354 Å². The molecule has 0 bridgehead atoms. The van der Waals surface area contributed by atoms with Crippen LogP contribution in [0.1, 0.15) is 60.8 Å². The van der Waals surface area contributed by atoms with E-state index in [0.717, 1.165) is 58.5 Å². The molecule has 52 heavy (non-hydrogen) atoms. The third-order valence-corrected chi connectivity index (χ3v) is 8.08. The lowest BCUT2D eigenvalue weighted by atomic mass is 9.91. The molecule has 0 aliphatic heterocycles. The van der Waals surface area contributed by atoms with Crippen molar-refractivity contribution in [2.24, 2.45) is 21.5 Å². The minimum atomic E-state index is 0. The first-order valence-corrected chi connectivity index (χ1v) is 16.9. The Bertz CT molecular complexity index is 1260. The standard InChI is InChI=1S/C39H52N8.CH4.4BrH/c40-38(46-30-36(32-16-5-1-6-17-32)33-18-7-2-8-19-33)44-28-14-26-42-24-13-25-43-27-15-29-45-39(41)47-31-37(34-20-9-3-10-21-34)35-22-11-4-12-23-35;;;;;/h1-12,16-23,36-37,42-43H,13-15,24-31H2,(H3,40,44,46)(H3,41,45,47);1H4;4*1H. The van der Waals surface area contributed by atoms with Crippen molar-refractivity contribution in [3.05, 3.63) is 144 Å². The fourth-order valence-corrected chi connectivity index (χ4v) is 5.49. The van der Waals surface area contributed by atoms with Gasteiger partial charge >= 0.3 is 0 Å². The van der Waals surface area contributed by atoms with E-state index in [9.17, 15) is 0 Å². The molecule has 0 aromatic heterocycles. The predicted molar refractivity (Wildman–Crippen MR) is 246 cm³/mol. The SMILES string of the molecule is Br.Br.Br.Br.C.NC(=NCC(c1ccccc1)c1ccccc1)NCCCNCCCNCCCNC(N)=NCC(c1ccccc1)c1ccccc1. The monoisotopic (exact) mass is 968 g/mol. The van der Waals surface area contributed by atoms with Crippen LogP contribution in [0.4, 0.5) is 0 Å². The van der Waals surface area contributed by atoms with E-state index in [0.29, 0.717) is 25.0 Å². The van der Waals surface area contributed by atoms with Crippen LogP contribution >= 0.6 is 67.9 Å². The maximum atomic E-state index is 6.19. The molecule has 0 heterocycles. The molecule has 0 atom stereocenters. The summed E-state index contributed by atoms with van der Waals surface area (Å²) in [7, 11) is 0. The Morgan fingerprint density at radius 3 is 0.942 bits per heavy atom. The first-order chi connectivity index (χ1) is 23.2. The first kappa shape index (κ1) is 51.4. The van der Waals surface area contributed by atoms with E-state index < -0.39 is 0 Å². The normalized spacial score (nSPS) is 10.9. The predicted octanol–water partition coefficient (Wildman–Crippen LogP) is 7.76. The molecule has 12 heteroatoms. The number of nitrogens with zero attached hydrogens (tertiary/aromatic N) is 2. The van der Waals surface area contributed by atoms with Gasteiger partial charge in [-0.15, -0.1) is 67.9 Å². The highest BCUT2D eigenvalue weighted by atomic mass is 79.9. The topological polar surface area (TPSA) is 125 Å². The lowest BCUT2D eigenvalue weighted by Gasteiger charge is -2.16. The molecule has 4 aromatic rings. The minimum Gasteiger partial charge on any atom is -0.370 e. The Morgan fingerprint density at radius 2 is 0.673 bits per heavy atom. The van der Waals surface area contributed by atoms with Gasteiger partial charge in [-0.25, -0.2) is 0 Å². The summed E-state index contributed by atoms with van der Waals surface area (Å²) in [4.78, 5) is 9.30. The van der Waals surface area contributed by atoms with Crippen LogP contribution < -0.4 is 32.7 Å². The molecule has 0 amide bonds. The second kappa shape index (κ2) is 31.8. The maximum Gasteiger partial charge on any atom is 0.188 e. The van der Waals surface area contributed by atoms with Gasteiger partial charge in [-0.1, -0.05) is 129 Å². The summed E-state index contributed by atoms with van der Waals surface area (Å²) < 4.78 is 0. The van der Waals surface area contributed by atoms with Crippen LogP contribution in [0.15, 0.2) is 131 Å². The number of guanidine groups is 2. The van der Waals surface area contributed by atoms with Gasteiger partial charge in [0.2, 0.25) is 0 Å². The molecule has 4 rings (SSSR count). The molecule has 0 saturated heterocycles. The summed E-state index contributed by atoms with van der Waals surface area (Å²) in [5.41, 5.74) is 17.3. The van der Waals surface area contributed by atoms with Crippen molar-refractivity contribution in [3.8, 4) is 0 Å². The van der Waals surface area contributed by atoms with E-state index in [1.54, 1.807) is 0 Å². The molecule has 0 fully saturated rings. The van der Waals surface area contributed by atoms with E-state index in [1.165, 1.54) is 22.3 Å². The van der Waals surface area contributed by atoms with E-state index >= 15 is 0 Å². The smallest absolute Gasteiger partial charge is 0.188 e. The van der Waals surface area contributed by atoms with Gasteiger partial charge in [-0.05, 0) is 67.7 Å². The molecule has 0 aliphatic carbocycles. The molecule has 288 valence electrons. The average Bonchev–Trinajstić information content (AvgIpc) is 3.12. The zero-order chi connectivity index (χ0) is 32.8. The second-order valence-corrected chi connectivity index (χ2v) is 11.6. The summed E-state index contributed by atoms with van der Waals surface area (Å²) in [6, 6.07) is 41.9. The zero-order valence-electron chi connectivity index (χ0n) is 29.2. The van der Waals surface area contributed by atoms with Crippen LogP contribution in [-0.4, -0.2) is 64.3 Å². The molecule has 4 aromatic carbocycles. The Kier molecular flexibility index (Phi) is 31.4. The van der Waals surface area contributed by atoms with Crippen molar-refractivity contribution >= 4 is 79.8 Å². The Hall–Kier alpha value is -2.74. The van der Waals surface area contributed by atoms with Crippen molar-refractivity contribution < 1.29 is 0 Å². The fraction of sp³-hybridized carbons (Fsp3) is 0.350. The van der Waals surface area contributed by atoms with Gasteiger partial charge in [0.15, 0.2) is 11.9 Å². The van der Waals surface area contributed by atoms with Crippen LogP contribution in [0.25, 0.3) is 0 Å². The molecule has 0 saturated carbocycles. The summed E-state index contributed by atoms with van der Waals surface area (Å²) in [5, 5.41) is 13.5. The van der Waals surface area contributed by atoms with Gasteiger partial charge in [0.25, 0.3) is 0 Å². The van der Waals surface area contributed by atoms with Gasteiger partial charge in [0.1, 0.15) is 0 Å². The molecule has 0 radical (unpaired) electrons. The van der Waals surface area contributed by atoms with Gasteiger partial charge in [0, 0.05) is 24.9 Å². The van der Waals surface area contributed by atoms with E-state index in [1.807, 2.05) is 24.3 Å². The molecule has 8 nitrogen and oxygen atoms in total. The molecular formula is C40H60Br4N8. The van der Waals surface area contributed by atoms with Crippen molar-refractivity contribution in [2.45, 2.75) is 38.5 Å². The van der Waals surface area contributed by atoms with Crippen LogP contribution in [-0.2, 0) is 0 Å². The van der Waals surface area contributed by atoms with Gasteiger partial charge in [-0.2, -0.15) is 0 Å². The largest absolute Gasteiger partial charge is 0.370 e. The van der Waals surface area contributed by atoms with Crippen LogP contribution in [0.3, 0.4) is 0 Å². The number of aliphatic imine (C=N–C) groups is 2. The second-order valence-electron chi connectivity index (χ2n) is 11.6. The number of nitrogens with two attached hydrogens (primary N) is 2. The maximum absolute atomic E-state index is 6.19. The molecule has 8 N–H and O–H groups in total. The number of nitrogens with one attached hydrogen (secondary N) is 4. The van der Waals surface area contributed by atoms with Crippen molar-refractivity contribution in [1.82, 2.24) is 21.3 Å². The summed E-state index contributed by atoms with van der Waals surface area (Å²) in [6.45, 7) is 6.64. The van der Waals surface area contributed by atoms with E-state index in [2.05, 4.69) is 128 Å². The summed E-state index contributed by atoms with van der Waals surface area (Å²) in [6.07, 6.45) is 3.04. The van der Waals surface area contributed by atoms with Crippen molar-refractivity contribution in [3.63, 3.8) is 0 Å². The van der Waals surface area contributed by atoms with Gasteiger partial charge in [0.05, 0.1) is 13.1 Å². The Morgan fingerprint density at radius 1 is 0.423 bits per heavy atom. The highest BCUT2D eigenvalue weighted by Gasteiger charge is 2.14. The molecule has 0 spiro atoms. The lowest BCUT2D eigenvalue weighted by Crippen LogP contribution is -2.35. The molecule has 0 unspecified atom stereocenters. The first-order valence-electron chi connectivity index (χ1n) is 16.9. The highest BCUT2D eigenvalue weighted by molar-refractivity contribution is 8.93. The average molecular weight is 973 g/mol. The van der Waals surface area contributed by atoms with Gasteiger partial charge < -0.3 is 32.7 Å². The van der Waals surface area contributed by atoms with Gasteiger partial charge in [-0.3, -0.25) is 9.98 Å². The number of hydrogen-bond acceptors (Lipinski definition) is 4. The quantitative estimate of drug-likeness (QED) is 0.0306. The highest BCUT2D eigenvalue weighted by Crippen LogP contribution is 2.25. The third kappa shape index (κ3) is 19.9. The summed E-state index contributed by atoms with van der Waals surface area (Å²) in [5.74, 6) is 1.36. The Balaban J connectivity index is 0. The minimum absolute atomic E-state index is 0. The summed E-state index contributed by atoms with van der Waals surface area (Å²) >= 11 is 0. The number of hydrogen-bond donors (Lipinski definition) is 6. The third-order valence-electron chi connectivity index (χ3n) is 8.08. The fourth-order valence-electron chi connectivity index (χ4n) is 5.49. The van der Waals surface area contributed by atoms with E-state index in [4.69, 9.17) is 11.5 Å². The van der Waals surface area contributed by atoms with Crippen molar-refractivity contribution in [2.75, 3.05) is 52.4 Å². The zero-order valence-corrected chi connectivity index (χ0v) is 36.0. The van der Waals surface area contributed by atoms with Crippen molar-refractivity contribution in [1.29, 1.82) is 0 Å². The molecular weight excluding hydrogens is 912 g/mol. The van der Waals surface area contributed by atoms with Crippen LogP contribution in [0.2, 0.25) is 0 Å². The number of rotatable bonds is 20.